The molecule has 1 heterocycles. The van der Waals surface area contributed by atoms with Crippen molar-refractivity contribution in [1.29, 1.82) is 0 Å². The van der Waals surface area contributed by atoms with Crippen LogP contribution >= 0.6 is 0 Å². The Balaban J connectivity index is 1.32. The summed E-state index contributed by atoms with van der Waals surface area (Å²) in [4.78, 5) is 2.44. The topological polar surface area (TPSA) is 49.4 Å². The Hall–Kier alpha value is -4.30. The van der Waals surface area contributed by atoms with Gasteiger partial charge in [-0.1, -0.05) is 133 Å². The summed E-state index contributed by atoms with van der Waals surface area (Å²) >= 11 is 0. The molecule has 1 aliphatic rings. The first kappa shape index (κ1) is 33.6. The molecule has 0 saturated carbocycles. The predicted molar refractivity (Wildman–Crippen MR) is 188 cm³/mol. The maximum absolute atomic E-state index is 6.93. The molecule has 0 bridgehead atoms. The summed E-state index contributed by atoms with van der Waals surface area (Å²) in [7, 11) is 1.69. The van der Waals surface area contributed by atoms with Crippen molar-refractivity contribution >= 4 is 0 Å². The van der Waals surface area contributed by atoms with Gasteiger partial charge in [-0.05, 0) is 39.9 Å². The number of methoxy groups -OCH3 is 1. The molecule has 1 fully saturated rings. The number of benzene rings is 5. The summed E-state index contributed by atoms with van der Waals surface area (Å²) in [5.74, 6) is 0.836. The van der Waals surface area contributed by atoms with E-state index in [1.807, 2.05) is 84.9 Å². The summed E-state index contributed by atoms with van der Waals surface area (Å²) in [5.41, 5.74) is 5.65. The van der Waals surface area contributed by atoms with Crippen LogP contribution in [0.1, 0.15) is 27.8 Å². The van der Waals surface area contributed by atoms with Gasteiger partial charge in [-0.25, -0.2) is 0 Å². The molecule has 0 amide bonds. The molecule has 0 aliphatic carbocycles. The lowest BCUT2D eigenvalue weighted by atomic mass is 9.92. The third kappa shape index (κ3) is 9.63. The Morgan fingerprint density at radius 3 is 1.46 bits per heavy atom. The molecular formula is C42H45NO5. The van der Waals surface area contributed by atoms with E-state index in [-0.39, 0.29) is 24.4 Å². The van der Waals surface area contributed by atoms with E-state index >= 15 is 0 Å². The molecule has 6 nitrogen and oxygen atoms in total. The number of rotatable bonds is 16. The SMILES string of the molecule is COc1ccc(CN2C[C@H](OCc3ccccc3)[C@@H](OCc3ccccc3)[C@H](OCc3ccccc3)[C@@H]2COCc2ccccc2)cc1. The Kier molecular flexibility index (Phi) is 12.4. The quantitative estimate of drug-likeness (QED) is 0.109. The molecule has 0 unspecified atom stereocenters. The van der Waals surface area contributed by atoms with Gasteiger partial charge in [-0.2, -0.15) is 0 Å². The first-order valence-electron chi connectivity index (χ1n) is 16.7. The zero-order valence-corrected chi connectivity index (χ0v) is 27.6. The highest BCUT2D eigenvalue weighted by Crippen LogP contribution is 2.31. The second kappa shape index (κ2) is 17.7. The number of hydrogen-bond donors (Lipinski definition) is 0. The molecule has 5 aromatic carbocycles. The molecule has 1 aliphatic heterocycles. The van der Waals surface area contributed by atoms with Crippen molar-refractivity contribution in [3.8, 4) is 5.75 Å². The largest absolute Gasteiger partial charge is 0.497 e. The fourth-order valence-electron chi connectivity index (χ4n) is 6.19. The zero-order chi connectivity index (χ0) is 32.8. The van der Waals surface area contributed by atoms with E-state index in [9.17, 15) is 0 Å². The van der Waals surface area contributed by atoms with Crippen LogP contribution in [0.15, 0.2) is 146 Å². The van der Waals surface area contributed by atoms with Crippen molar-refractivity contribution in [3.05, 3.63) is 173 Å². The number of ether oxygens (including phenoxy) is 5. The number of likely N-dealkylation sites (tertiary alicyclic amines) is 1. The average molecular weight is 644 g/mol. The van der Waals surface area contributed by atoms with Crippen LogP contribution < -0.4 is 4.74 Å². The van der Waals surface area contributed by atoms with Gasteiger partial charge >= 0.3 is 0 Å². The molecule has 5 aromatic rings. The van der Waals surface area contributed by atoms with Crippen molar-refractivity contribution < 1.29 is 23.7 Å². The molecule has 4 atom stereocenters. The monoisotopic (exact) mass is 643 g/mol. The minimum atomic E-state index is -0.338. The number of hydrogen-bond acceptors (Lipinski definition) is 6. The molecule has 6 rings (SSSR count). The van der Waals surface area contributed by atoms with Gasteiger partial charge in [0.1, 0.15) is 18.0 Å². The standard InChI is InChI=1S/C42H45NO5/c1-44-38-24-22-33(23-25-38)26-43-27-40(46-29-35-16-8-3-9-17-35)42(48-31-37-20-12-5-13-21-37)41(47-30-36-18-10-4-11-19-36)39(43)32-45-28-34-14-6-2-7-15-34/h2-25,39-42H,26-32H2,1H3/t39-,40-,41+,42+/m0/s1. The van der Waals surface area contributed by atoms with Gasteiger partial charge in [0.25, 0.3) is 0 Å². The van der Waals surface area contributed by atoms with Gasteiger partial charge in [-0.3, -0.25) is 4.90 Å². The molecule has 0 spiro atoms. The van der Waals surface area contributed by atoms with Gasteiger partial charge in [0, 0.05) is 13.1 Å². The molecule has 6 heteroatoms. The average Bonchev–Trinajstić information content (AvgIpc) is 3.15. The first-order valence-corrected chi connectivity index (χ1v) is 16.7. The van der Waals surface area contributed by atoms with E-state index in [2.05, 4.69) is 65.6 Å². The normalized spacial score (nSPS) is 19.6. The summed E-state index contributed by atoms with van der Waals surface area (Å²) in [6, 6.07) is 49.4. The van der Waals surface area contributed by atoms with Crippen LogP contribution in [0.2, 0.25) is 0 Å². The third-order valence-electron chi connectivity index (χ3n) is 8.78. The van der Waals surface area contributed by atoms with Gasteiger partial charge in [0.05, 0.1) is 52.3 Å². The van der Waals surface area contributed by atoms with Crippen molar-refractivity contribution in [2.45, 2.75) is 57.3 Å². The summed E-state index contributed by atoms with van der Waals surface area (Å²) in [5, 5.41) is 0. The second-order valence-corrected chi connectivity index (χ2v) is 12.2. The van der Waals surface area contributed by atoms with Crippen molar-refractivity contribution in [3.63, 3.8) is 0 Å². The highest BCUT2D eigenvalue weighted by atomic mass is 16.6. The summed E-state index contributed by atoms with van der Waals surface area (Å²) in [6.45, 7) is 3.73. The van der Waals surface area contributed by atoms with E-state index in [1.54, 1.807) is 7.11 Å². The molecule has 0 N–H and O–H groups in total. The van der Waals surface area contributed by atoms with Gasteiger partial charge in [-0.15, -0.1) is 0 Å². The molecule has 248 valence electrons. The van der Waals surface area contributed by atoms with Crippen molar-refractivity contribution in [2.75, 3.05) is 20.3 Å². The molecule has 0 aromatic heterocycles. The summed E-state index contributed by atoms with van der Waals surface area (Å²) in [6.07, 6.45) is -0.925. The van der Waals surface area contributed by atoms with E-state index in [0.717, 1.165) is 28.0 Å². The lowest BCUT2D eigenvalue weighted by Crippen LogP contribution is -2.64. The van der Waals surface area contributed by atoms with Crippen LogP contribution in [-0.4, -0.2) is 49.5 Å². The highest BCUT2D eigenvalue weighted by Gasteiger charge is 2.46. The van der Waals surface area contributed by atoms with Gasteiger partial charge in [0.15, 0.2) is 0 Å². The van der Waals surface area contributed by atoms with Gasteiger partial charge < -0.3 is 23.7 Å². The van der Waals surface area contributed by atoms with Crippen molar-refractivity contribution in [2.24, 2.45) is 0 Å². The smallest absolute Gasteiger partial charge is 0.118 e. The Morgan fingerprint density at radius 2 is 0.958 bits per heavy atom. The van der Waals surface area contributed by atoms with Crippen molar-refractivity contribution in [1.82, 2.24) is 4.90 Å². The van der Waals surface area contributed by atoms with Crippen LogP contribution in [0.3, 0.4) is 0 Å². The third-order valence-corrected chi connectivity index (χ3v) is 8.78. The fourth-order valence-corrected chi connectivity index (χ4v) is 6.19. The van der Waals surface area contributed by atoms with E-state index in [0.29, 0.717) is 46.1 Å². The van der Waals surface area contributed by atoms with Crippen LogP contribution in [-0.2, 0) is 51.9 Å². The summed E-state index contributed by atoms with van der Waals surface area (Å²) < 4.78 is 32.5. The Bertz CT molecular complexity index is 1600. The maximum atomic E-state index is 6.93. The highest BCUT2D eigenvalue weighted by molar-refractivity contribution is 5.27. The number of nitrogens with zero attached hydrogens (tertiary/aromatic N) is 1. The Morgan fingerprint density at radius 1 is 0.500 bits per heavy atom. The van der Waals surface area contributed by atoms with E-state index in [4.69, 9.17) is 23.7 Å². The van der Waals surface area contributed by atoms with Crippen LogP contribution in [0.25, 0.3) is 0 Å². The van der Waals surface area contributed by atoms with Crippen LogP contribution in [0.5, 0.6) is 5.75 Å². The van der Waals surface area contributed by atoms with Crippen LogP contribution in [0, 0.1) is 0 Å². The molecule has 0 radical (unpaired) electrons. The van der Waals surface area contributed by atoms with Gasteiger partial charge in [0.2, 0.25) is 0 Å². The van der Waals surface area contributed by atoms with E-state index in [1.165, 1.54) is 5.56 Å². The zero-order valence-electron chi connectivity index (χ0n) is 27.6. The Labute approximate surface area is 284 Å². The fraction of sp³-hybridized carbons (Fsp3) is 0.286. The molecular weight excluding hydrogens is 598 g/mol. The molecule has 1 saturated heterocycles. The maximum Gasteiger partial charge on any atom is 0.118 e. The van der Waals surface area contributed by atoms with Crippen LogP contribution in [0.4, 0.5) is 0 Å². The molecule has 48 heavy (non-hydrogen) atoms. The lowest BCUT2D eigenvalue weighted by molar-refractivity contribution is -0.212. The number of piperidine rings is 1. The lowest BCUT2D eigenvalue weighted by Gasteiger charge is -2.48. The first-order chi connectivity index (χ1) is 23.7. The minimum absolute atomic E-state index is 0.100. The van der Waals surface area contributed by atoms with E-state index < -0.39 is 0 Å². The minimum Gasteiger partial charge on any atom is -0.497 e. The second-order valence-electron chi connectivity index (χ2n) is 12.2. The predicted octanol–water partition coefficient (Wildman–Crippen LogP) is 7.85.